The van der Waals surface area contributed by atoms with Crippen LogP contribution in [0.5, 0.6) is 0 Å². The van der Waals surface area contributed by atoms with Crippen LogP contribution in [0.2, 0.25) is 0 Å². The molecule has 1 aromatic carbocycles. The number of para-hydroxylation sites is 1. The summed E-state index contributed by atoms with van der Waals surface area (Å²) in [5.41, 5.74) is 7.62. The smallest absolute Gasteiger partial charge is 0.172 e. The number of benzene rings is 1. The fourth-order valence-corrected chi connectivity index (χ4v) is 2.62. The molecule has 1 aromatic rings. The average Bonchev–Trinajstić information content (AvgIpc) is 2.40. The molecule has 2 rings (SSSR count). The van der Waals surface area contributed by atoms with Crippen LogP contribution in [0.1, 0.15) is 32.3 Å². The van der Waals surface area contributed by atoms with E-state index in [2.05, 4.69) is 23.9 Å². The van der Waals surface area contributed by atoms with Crippen LogP contribution in [0.4, 0.5) is 5.69 Å². The van der Waals surface area contributed by atoms with Crippen LogP contribution in [-0.4, -0.2) is 23.6 Å². The number of anilines is 1. The molecular weight excluding hydrogens is 226 g/mol. The number of nitrogens with two attached hydrogens (primary N) is 1. The van der Waals surface area contributed by atoms with Crippen molar-refractivity contribution in [3.8, 4) is 0 Å². The molecule has 0 radical (unpaired) electrons. The summed E-state index contributed by atoms with van der Waals surface area (Å²) < 4.78 is 0. The first-order chi connectivity index (χ1) is 8.63. The number of hydrogen-bond donors (Lipinski definition) is 2. The Kier molecular flexibility index (Phi) is 3.75. The maximum Gasteiger partial charge on any atom is 0.172 e. The lowest BCUT2D eigenvalue weighted by molar-refractivity contribution is 0.318. The van der Waals surface area contributed by atoms with Crippen LogP contribution < -0.4 is 10.6 Å². The van der Waals surface area contributed by atoms with Gasteiger partial charge in [0.15, 0.2) is 5.84 Å². The van der Waals surface area contributed by atoms with E-state index in [0.29, 0.717) is 12.0 Å². The molecule has 4 heteroatoms. The van der Waals surface area contributed by atoms with E-state index in [1.165, 1.54) is 12.8 Å². The van der Waals surface area contributed by atoms with Gasteiger partial charge >= 0.3 is 0 Å². The molecule has 0 bridgehead atoms. The third-order valence-corrected chi connectivity index (χ3v) is 3.71. The average molecular weight is 247 g/mol. The van der Waals surface area contributed by atoms with Gasteiger partial charge in [0.05, 0.1) is 0 Å². The molecule has 4 nitrogen and oxygen atoms in total. The first-order valence-corrected chi connectivity index (χ1v) is 6.47. The number of piperidine rings is 1. The van der Waals surface area contributed by atoms with Crippen LogP contribution >= 0.6 is 0 Å². The zero-order chi connectivity index (χ0) is 13.1. The zero-order valence-electron chi connectivity index (χ0n) is 11.0. The van der Waals surface area contributed by atoms with Crippen molar-refractivity contribution in [3.63, 3.8) is 0 Å². The van der Waals surface area contributed by atoms with Crippen LogP contribution in [0, 0.1) is 5.92 Å². The highest BCUT2D eigenvalue weighted by atomic mass is 16.4. The van der Waals surface area contributed by atoms with Crippen molar-refractivity contribution in [2.24, 2.45) is 16.8 Å². The Morgan fingerprint density at radius 3 is 2.78 bits per heavy atom. The molecule has 0 saturated carbocycles. The number of hydrogen-bond acceptors (Lipinski definition) is 3. The molecule has 0 aromatic heterocycles. The zero-order valence-corrected chi connectivity index (χ0v) is 11.0. The first kappa shape index (κ1) is 12.7. The molecule has 1 fully saturated rings. The lowest BCUT2D eigenvalue weighted by atomic mass is 9.93. The molecule has 0 amide bonds. The van der Waals surface area contributed by atoms with Gasteiger partial charge in [-0.1, -0.05) is 24.2 Å². The van der Waals surface area contributed by atoms with Gasteiger partial charge in [-0.15, -0.1) is 0 Å². The van der Waals surface area contributed by atoms with Gasteiger partial charge in [0.2, 0.25) is 0 Å². The van der Waals surface area contributed by atoms with Gasteiger partial charge in [0.25, 0.3) is 0 Å². The summed E-state index contributed by atoms with van der Waals surface area (Å²) in [5, 5.41) is 12.0. The Balaban J connectivity index is 2.37. The van der Waals surface area contributed by atoms with E-state index in [1.807, 2.05) is 24.3 Å². The third-order valence-electron chi connectivity index (χ3n) is 3.71. The minimum Gasteiger partial charge on any atom is -0.409 e. The molecule has 18 heavy (non-hydrogen) atoms. The highest BCUT2D eigenvalue weighted by Gasteiger charge is 2.25. The first-order valence-electron chi connectivity index (χ1n) is 6.47. The molecule has 1 saturated heterocycles. The van der Waals surface area contributed by atoms with Crippen molar-refractivity contribution in [2.45, 2.75) is 32.7 Å². The Bertz CT molecular complexity index is 444. The maximum atomic E-state index is 8.87. The monoisotopic (exact) mass is 247 g/mol. The van der Waals surface area contributed by atoms with Gasteiger partial charge in [-0.2, -0.15) is 0 Å². The molecule has 1 aliphatic heterocycles. The summed E-state index contributed by atoms with van der Waals surface area (Å²) in [6, 6.07) is 8.34. The Hall–Kier alpha value is -1.71. The molecule has 1 heterocycles. The predicted octanol–water partition coefficient (Wildman–Crippen LogP) is 2.41. The Morgan fingerprint density at radius 2 is 2.06 bits per heavy atom. The number of rotatable bonds is 2. The van der Waals surface area contributed by atoms with Crippen LogP contribution in [0.25, 0.3) is 0 Å². The quantitative estimate of drug-likeness (QED) is 0.365. The van der Waals surface area contributed by atoms with Crippen LogP contribution in [0.3, 0.4) is 0 Å². The summed E-state index contributed by atoms with van der Waals surface area (Å²) in [7, 11) is 0. The summed E-state index contributed by atoms with van der Waals surface area (Å²) in [6.45, 7) is 5.52. The molecular formula is C14H21N3O. The summed E-state index contributed by atoms with van der Waals surface area (Å²) in [5.74, 6) is 0.859. The fraction of sp³-hybridized carbons (Fsp3) is 0.500. The summed E-state index contributed by atoms with van der Waals surface area (Å²) >= 11 is 0. The van der Waals surface area contributed by atoms with Crippen molar-refractivity contribution in [3.05, 3.63) is 29.8 Å². The Morgan fingerprint density at radius 1 is 1.33 bits per heavy atom. The summed E-state index contributed by atoms with van der Waals surface area (Å²) in [6.07, 6.45) is 2.45. The standard InChI is InChI=1S/C14H21N3O/c1-10-7-8-11(2)17(9-10)13-6-4-3-5-12(13)14(15)16-18/h3-6,10-11,18H,7-9H2,1-2H3,(H2,15,16). The lowest BCUT2D eigenvalue weighted by Gasteiger charge is -2.39. The second-order valence-electron chi connectivity index (χ2n) is 5.19. The van der Waals surface area contributed by atoms with Crippen molar-refractivity contribution in [1.29, 1.82) is 0 Å². The number of oxime groups is 1. The van der Waals surface area contributed by atoms with Gasteiger partial charge < -0.3 is 15.8 Å². The third kappa shape index (κ3) is 2.42. The summed E-state index contributed by atoms with van der Waals surface area (Å²) in [4.78, 5) is 2.36. The van der Waals surface area contributed by atoms with Crippen molar-refractivity contribution < 1.29 is 5.21 Å². The molecule has 3 N–H and O–H groups in total. The number of nitrogens with zero attached hydrogens (tertiary/aromatic N) is 2. The van der Waals surface area contributed by atoms with Gasteiger partial charge in [-0.05, 0) is 37.8 Å². The Labute approximate surface area is 108 Å². The lowest BCUT2D eigenvalue weighted by Crippen LogP contribution is -2.42. The van der Waals surface area contributed by atoms with Gasteiger partial charge in [-0.3, -0.25) is 0 Å². The minimum atomic E-state index is 0.177. The van der Waals surface area contributed by atoms with E-state index >= 15 is 0 Å². The van der Waals surface area contributed by atoms with E-state index in [4.69, 9.17) is 10.9 Å². The predicted molar refractivity (Wildman–Crippen MR) is 74.2 cm³/mol. The second-order valence-corrected chi connectivity index (χ2v) is 5.19. The molecule has 98 valence electrons. The van der Waals surface area contributed by atoms with Crippen molar-refractivity contribution in [1.82, 2.24) is 0 Å². The molecule has 0 aliphatic carbocycles. The highest BCUT2D eigenvalue weighted by molar-refractivity contribution is 6.02. The molecule has 1 aliphatic rings. The van der Waals surface area contributed by atoms with Crippen molar-refractivity contribution >= 4 is 11.5 Å². The van der Waals surface area contributed by atoms with Crippen molar-refractivity contribution in [2.75, 3.05) is 11.4 Å². The van der Waals surface area contributed by atoms with E-state index in [0.717, 1.165) is 17.8 Å². The van der Waals surface area contributed by atoms with E-state index < -0.39 is 0 Å². The van der Waals surface area contributed by atoms with E-state index in [9.17, 15) is 0 Å². The van der Waals surface area contributed by atoms with E-state index in [1.54, 1.807) is 0 Å². The maximum absolute atomic E-state index is 8.87. The van der Waals surface area contributed by atoms with Crippen LogP contribution in [0.15, 0.2) is 29.4 Å². The SMILES string of the molecule is CC1CCC(C)N(c2ccccc2C(N)=NO)C1. The van der Waals surface area contributed by atoms with Crippen LogP contribution in [-0.2, 0) is 0 Å². The topological polar surface area (TPSA) is 61.8 Å². The molecule has 0 spiro atoms. The number of amidine groups is 1. The van der Waals surface area contributed by atoms with Gasteiger partial charge in [0, 0.05) is 23.8 Å². The van der Waals surface area contributed by atoms with Gasteiger partial charge in [0.1, 0.15) is 0 Å². The molecule has 2 unspecified atom stereocenters. The second kappa shape index (κ2) is 5.29. The van der Waals surface area contributed by atoms with Gasteiger partial charge in [-0.25, -0.2) is 0 Å². The molecule has 2 atom stereocenters. The normalized spacial score (nSPS) is 25.2. The highest BCUT2D eigenvalue weighted by Crippen LogP contribution is 2.29. The minimum absolute atomic E-state index is 0.177. The fourth-order valence-electron chi connectivity index (χ4n) is 2.62. The largest absolute Gasteiger partial charge is 0.409 e. The van der Waals surface area contributed by atoms with E-state index in [-0.39, 0.29) is 5.84 Å².